The molecule has 1 amide bonds. The number of aliphatic hydroxyl groups excluding tert-OH is 1. The molecule has 160 valence electrons. The minimum atomic E-state index is -0.993. The lowest BCUT2D eigenvalue weighted by molar-refractivity contribution is -0.140. The van der Waals surface area contributed by atoms with Gasteiger partial charge in [0, 0.05) is 24.8 Å². The molecule has 2 aromatic rings. The van der Waals surface area contributed by atoms with E-state index in [1.165, 1.54) is 11.0 Å². The second kappa shape index (κ2) is 8.39. The van der Waals surface area contributed by atoms with Crippen LogP contribution in [0.3, 0.4) is 0 Å². The third-order valence-electron chi connectivity index (χ3n) is 5.49. The summed E-state index contributed by atoms with van der Waals surface area (Å²) in [5.74, 6) is -2.40. The molecule has 0 saturated carbocycles. The number of carbonyl (C=O) groups is 2. The third kappa shape index (κ3) is 3.75. The van der Waals surface area contributed by atoms with Gasteiger partial charge in [-0.1, -0.05) is 18.2 Å². The average molecular weight is 414 g/mol. The van der Waals surface area contributed by atoms with Crippen LogP contribution in [0, 0.1) is 19.7 Å². The van der Waals surface area contributed by atoms with Crippen LogP contribution in [0.25, 0.3) is 5.76 Å². The number of aromatic nitrogens is 2. The van der Waals surface area contributed by atoms with Crippen LogP contribution in [-0.2, 0) is 16.6 Å². The molecule has 3 rings (SSSR count). The zero-order valence-corrected chi connectivity index (χ0v) is 17.9. The number of benzene rings is 1. The molecule has 30 heavy (non-hydrogen) atoms. The van der Waals surface area contributed by atoms with Crippen molar-refractivity contribution in [2.24, 2.45) is 7.05 Å². The highest BCUT2D eigenvalue weighted by Crippen LogP contribution is 2.41. The van der Waals surface area contributed by atoms with E-state index in [2.05, 4.69) is 5.10 Å². The molecule has 7 nitrogen and oxygen atoms in total. The Balaban J connectivity index is 2.18. The van der Waals surface area contributed by atoms with Gasteiger partial charge >= 0.3 is 0 Å². The van der Waals surface area contributed by atoms with Gasteiger partial charge in [0.2, 0.25) is 0 Å². The summed E-state index contributed by atoms with van der Waals surface area (Å²) < 4.78 is 16.3. The number of rotatable bonds is 6. The summed E-state index contributed by atoms with van der Waals surface area (Å²) in [5.41, 5.74) is 1.65. The fourth-order valence-electron chi connectivity index (χ4n) is 3.94. The summed E-state index contributed by atoms with van der Waals surface area (Å²) >= 11 is 0. The van der Waals surface area contributed by atoms with E-state index in [0.717, 1.165) is 0 Å². The minimum Gasteiger partial charge on any atom is -0.507 e. The van der Waals surface area contributed by atoms with E-state index in [-0.39, 0.29) is 23.4 Å². The first-order valence-electron chi connectivity index (χ1n) is 9.83. The molecule has 1 atom stereocenters. The maximum atomic E-state index is 14.7. The number of likely N-dealkylation sites (tertiary alicyclic amines) is 1. The number of halogens is 1. The molecule has 0 bridgehead atoms. The summed E-state index contributed by atoms with van der Waals surface area (Å²) in [6.07, 6.45) is 0.607. The van der Waals surface area contributed by atoms with Gasteiger partial charge in [0.15, 0.2) is 0 Å². The fourth-order valence-corrected chi connectivity index (χ4v) is 3.94. The zero-order chi connectivity index (χ0) is 22.2. The molecular formula is C22H27FN4O3. The molecule has 0 spiro atoms. The first-order chi connectivity index (χ1) is 14.1. The van der Waals surface area contributed by atoms with Crippen LogP contribution in [0.1, 0.15) is 35.0 Å². The van der Waals surface area contributed by atoms with Crippen LogP contribution in [-0.4, -0.2) is 63.6 Å². The van der Waals surface area contributed by atoms with Crippen LogP contribution >= 0.6 is 0 Å². The van der Waals surface area contributed by atoms with Crippen LogP contribution in [0.2, 0.25) is 0 Å². The van der Waals surface area contributed by atoms with E-state index < -0.39 is 23.5 Å². The second-order valence-electron chi connectivity index (χ2n) is 7.84. The number of amides is 1. The van der Waals surface area contributed by atoms with Gasteiger partial charge in [-0.3, -0.25) is 14.3 Å². The van der Waals surface area contributed by atoms with Gasteiger partial charge < -0.3 is 14.9 Å². The molecular weight excluding hydrogens is 387 g/mol. The molecule has 1 fully saturated rings. The Morgan fingerprint density at radius 1 is 1.23 bits per heavy atom. The van der Waals surface area contributed by atoms with Gasteiger partial charge in [0.05, 0.1) is 22.9 Å². The zero-order valence-electron chi connectivity index (χ0n) is 17.9. The lowest BCUT2D eigenvalue weighted by Gasteiger charge is -2.26. The highest BCUT2D eigenvalue weighted by atomic mass is 19.1. The van der Waals surface area contributed by atoms with Crippen molar-refractivity contribution < 1.29 is 19.1 Å². The number of hydrogen-bond donors (Lipinski definition) is 1. The molecule has 8 heteroatoms. The van der Waals surface area contributed by atoms with Crippen molar-refractivity contribution in [3.8, 4) is 0 Å². The van der Waals surface area contributed by atoms with Crippen molar-refractivity contribution >= 4 is 17.4 Å². The van der Waals surface area contributed by atoms with Crippen molar-refractivity contribution in [1.82, 2.24) is 19.6 Å². The van der Waals surface area contributed by atoms with E-state index in [0.29, 0.717) is 29.9 Å². The topological polar surface area (TPSA) is 78.7 Å². The summed E-state index contributed by atoms with van der Waals surface area (Å²) in [4.78, 5) is 29.2. The normalized spacial score (nSPS) is 18.6. The third-order valence-corrected chi connectivity index (χ3v) is 5.49. The minimum absolute atomic E-state index is 0.103. The summed E-state index contributed by atoms with van der Waals surface area (Å²) in [6, 6.07) is 5.04. The SMILES string of the molecule is Cc1nn(C)c(C)c1C(O)=C1C(=O)C(=O)N(CCCN(C)C)[C@@H]1c1ccccc1F. The molecule has 1 aliphatic heterocycles. The molecule has 0 unspecified atom stereocenters. The van der Waals surface area contributed by atoms with E-state index in [1.54, 1.807) is 43.8 Å². The van der Waals surface area contributed by atoms with Crippen molar-refractivity contribution in [1.29, 1.82) is 0 Å². The highest BCUT2D eigenvalue weighted by molar-refractivity contribution is 6.46. The Kier molecular flexibility index (Phi) is 6.07. The van der Waals surface area contributed by atoms with E-state index in [4.69, 9.17) is 0 Å². The van der Waals surface area contributed by atoms with Gasteiger partial charge in [-0.2, -0.15) is 5.10 Å². The van der Waals surface area contributed by atoms with E-state index >= 15 is 0 Å². The van der Waals surface area contributed by atoms with Gasteiger partial charge in [-0.05, 0) is 47.0 Å². The van der Waals surface area contributed by atoms with Crippen LogP contribution in [0.5, 0.6) is 0 Å². The molecule has 1 aliphatic rings. The van der Waals surface area contributed by atoms with Crippen molar-refractivity contribution in [3.63, 3.8) is 0 Å². The first-order valence-corrected chi connectivity index (χ1v) is 9.83. The van der Waals surface area contributed by atoms with Crippen LogP contribution in [0.4, 0.5) is 4.39 Å². The smallest absolute Gasteiger partial charge is 0.295 e. The molecule has 2 heterocycles. The van der Waals surface area contributed by atoms with E-state index in [9.17, 15) is 19.1 Å². The quantitative estimate of drug-likeness (QED) is 0.447. The Labute approximate surface area is 175 Å². The van der Waals surface area contributed by atoms with Crippen molar-refractivity contribution in [3.05, 3.63) is 58.2 Å². The first kappa shape index (κ1) is 21.7. The maximum absolute atomic E-state index is 14.7. The number of Topliss-reactive ketones (excluding diaryl/α,β-unsaturated/α-hetero) is 1. The fraction of sp³-hybridized carbons (Fsp3) is 0.409. The summed E-state index contributed by atoms with van der Waals surface area (Å²) in [6.45, 7) is 4.45. The Morgan fingerprint density at radius 3 is 2.47 bits per heavy atom. The maximum Gasteiger partial charge on any atom is 0.295 e. The monoisotopic (exact) mass is 414 g/mol. The molecule has 1 N–H and O–H groups in total. The predicted molar refractivity (Wildman–Crippen MR) is 111 cm³/mol. The van der Waals surface area contributed by atoms with Crippen molar-refractivity contribution in [2.45, 2.75) is 26.3 Å². The van der Waals surface area contributed by atoms with Gasteiger partial charge in [0.1, 0.15) is 11.6 Å². The second-order valence-corrected chi connectivity index (χ2v) is 7.84. The Morgan fingerprint density at radius 2 is 1.90 bits per heavy atom. The van der Waals surface area contributed by atoms with E-state index in [1.807, 2.05) is 19.0 Å². The Hall–Kier alpha value is -3.00. The molecule has 0 aliphatic carbocycles. The lowest BCUT2D eigenvalue weighted by Crippen LogP contribution is -2.32. The lowest BCUT2D eigenvalue weighted by atomic mass is 9.94. The van der Waals surface area contributed by atoms with Gasteiger partial charge in [0.25, 0.3) is 11.7 Å². The number of aryl methyl sites for hydroxylation is 2. The number of carbonyl (C=O) groups excluding carboxylic acids is 2. The number of aliphatic hydroxyl groups is 1. The number of nitrogens with zero attached hydrogens (tertiary/aromatic N) is 4. The number of ketones is 1. The predicted octanol–water partition coefficient (Wildman–Crippen LogP) is 2.55. The average Bonchev–Trinajstić information content (AvgIpc) is 3.08. The van der Waals surface area contributed by atoms with Gasteiger partial charge in [-0.15, -0.1) is 0 Å². The summed E-state index contributed by atoms with van der Waals surface area (Å²) in [7, 11) is 5.56. The molecule has 0 radical (unpaired) electrons. The Bertz CT molecular complexity index is 1030. The standard InChI is InChI=1S/C22H27FN4O3/c1-13-17(14(2)26(5)24-13)20(28)18-19(15-9-6-7-10-16(15)23)27(22(30)21(18)29)12-8-11-25(3)4/h6-7,9-10,19,28H,8,11-12H2,1-5H3/t19-/m1/s1. The number of hydrogen-bond acceptors (Lipinski definition) is 5. The van der Waals surface area contributed by atoms with Crippen LogP contribution in [0.15, 0.2) is 29.8 Å². The highest BCUT2D eigenvalue weighted by Gasteiger charge is 2.47. The van der Waals surface area contributed by atoms with Crippen molar-refractivity contribution in [2.75, 3.05) is 27.2 Å². The largest absolute Gasteiger partial charge is 0.507 e. The molecule has 1 saturated heterocycles. The molecule has 1 aromatic heterocycles. The van der Waals surface area contributed by atoms with Gasteiger partial charge in [-0.25, -0.2) is 4.39 Å². The molecule has 1 aromatic carbocycles. The summed E-state index contributed by atoms with van der Waals surface area (Å²) in [5, 5.41) is 15.4. The van der Waals surface area contributed by atoms with Crippen LogP contribution < -0.4 is 0 Å².